The lowest BCUT2D eigenvalue weighted by Crippen LogP contribution is -2.49. The second kappa shape index (κ2) is 12.8. The van der Waals surface area contributed by atoms with Gasteiger partial charge in [0.1, 0.15) is 21.5 Å². The van der Waals surface area contributed by atoms with Crippen LogP contribution in [-0.4, -0.2) is 45.5 Å². The van der Waals surface area contributed by atoms with Gasteiger partial charge in [-0.15, -0.1) is 0 Å². The molecule has 5 nitrogen and oxygen atoms in total. The van der Waals surface area contributed by atoms with Crippen LogP contribution in [0, 0.1) is 23.1 Å². The molecule has 3 aromatic carbocycles. The molecule has 0 spiro atoms. The van der Waals surface area contributed by atoms with Gasteiger partial charge in [0.15, 0.2) is 0 Å². The van der Waals surface area contributed by atoms with Gasteiger partial charge in [0.2, 0.25) is 0 Å². The molecule has 8 heteroatoms. The van der Waals surface area contributed by atoms with E-state index in [1.54, 1.807) is 0 Å². The van der Waals surface area contributed by atoms with Crippen molar-refractivity contribution in [1.82, 2.24) is 0 Å². The fraction of sp³-hybridized carbons (Fsp3) is 0.310. The van der Waals surface area contributed by atoms with Crippen LogP contribution < -0.4 is 11.1 Å². The van der Waals surface area contributed by atoms with E-state index in [1.165, 1.54) is 12.1 Å². The van der Waals surface area contributed by atoms with Gasteiger partial charge in [-0.25, -0.2) is 4.39 Å². The molecule has 0 heterocycles. The minimum atomic E-state index is -0.861. The zero-order chi connectivity index (χ0) is 26.9. The quantitative estimate of drug-likeness (QED) is 0.215. The maximum Gasteiger partial charge on any atom is 0.148 e. The number of anilines is 2. The molecule has 4 N–H and O–H groups in total. The first-order valence-corrected chi connectivity index (χ1v) is 12.4. The van der Waals surface area contributed by atoms with Crippen LogP contribution in [0.1, 0.15) is 30.5 Å². The largest absolute Gasteiger partial charge is 0.396 e. The van der Waals surface area contributed by atoms with Gasteiger partial charge >= 0.3 is 0 Å². The third-order valence-corrected chi connectivity index (χ3v) is 5.99. The molecule has 0 aromatic heterocycles. The van der Waals surface area contributed by atoms with Crippen molar-refractivity contribution in [2.24, 2.45) is 5.41 Å². The van der Waals surface area contributed by atoms with Crippen molar-refractivity contribution in [3.05, 3.63) is 95.3 Å². The van der Waals surface area contributed by atoms with E-state index in [-0.39, 0.29) is 12.2 Å². The van der Waals surface area contributed by atoms with E-state index >= 15 is 0 Å². The number of ether oxygens (including phenoxy) is 2. The van der Waals surface area contributed by atoms with Crippen molar-refractivity contribution in [2.45, 2.75) is 38.6 Å². The predicted molar refractivity (Wildman–Crippen MR) is 153 cm³/mol. The van der Waals surface area contributed by atoms with Gasteiger partial charge in [0, 0.05) is 29.0 Å². The summed E-state index contributed by atoms with van der Waals surface area (Å²) in [6.07, 6.45) is -0.861. The number of nitrogen functional groups attached to an aromatic ring is 1. The summed E-state index contributed by atoms with van der Waals surface area (Å²) in [7, 11) is 3.65. The molecule has 0 aliphatic carbocycles. The molecule has 0 amide bonds. The Morgan fingerprint density at radius 2 is 1.59 bits per heavy atom. The number of rotatable bonds is 11. The first-order valence-electron chi connectivity index (χ1n) is 12.4. The van der Waals surface area contributed by atoms with E-state index in [0.717, 1.165) is 11.1 Å². The molecule has 3 rings (SSSR count). The van der Waals surface area contributed by atoms with Gasteiger partial charge in [0.05, 0.1) is 37.3 Å². The zero-order valence-electron chi connectivity index (χ0n) is 22.1. The summed E-state index contributed by atoms with van der Waals surface area (Å²) in [6, 6.07) is 22.5. The number of benzene rings is 3. The van der Waals surface area contributed by atoms with Crippen LogP contribution in [0.15, 0.2) is 72.8 Å². The summed E-state index contributed by atoms with van der Waals surface area (Å²) in [5.41, 5.74) is 8.52. The molecule has 1 atom stereocenters. The molecule has 1 unspecified atom stereocenters. The van der Waals surface area contributed by atoms with Crippen molar-refractivity contribution in [1.29, 1.82) is 0 Å². The number of nitrogens with one attached hydrogen (secondary N) is 1. The predicted octanol–water partition coefficient (Wildman–Crippen LogP) is 2.91. The fourth-order valence-corrected chi connectivity index (χ4v) is 3.50. The first-order chi connectivity index (χ1) is 17.6. The average Bonchev–Trinajstić information content (AvgIpc) is 2.88. The maximum absolute atomic E-state index is 14.3. The smallest absolute Gasteiger partial charge is 0.148 e. The number of nitrogens with two attached hydrogens (primary N) is 1. The van der Waals surface area contributed by atoms with Crippen molar-refractivity contribution in [3.8, 4) is 11.8 Å². The zero-order valence-corrected chi connectivity index (χ0v) is 22.1. The van der Waals surface area contributed by atoms with Crippen LogP contribution in [0.5, 0.6) is 0 Å². The van der Waals surface area contributed by atoms with Crippen molar-refractivity contribution in [3.63, 3.8) is 0 Å². The third-order valence-electron chi connectivity index (χ3n) is 5.99. The van der Waals surface area contributed by atoms with Gasteiger partial charge < -0.3 is 25.6 Å². The Labute approximate surface area is 221 Å². The SMILES string of the molecule is BC(B)(OCc1ccccc1)C(O)CNc1cc(F)c(N)cc1C#CC(C)(C)COCc1ccccc1. The number of aliphatic hydroxyl groups excluding tert-OH is 1. The van der Waals surface area contributed by atoms with E-state index < -0.39 is 22.7 Å². The summed E-state index contributed by atoms with van der Waals surface area (Å²) in [5.74, 6) is 5.80. The Morgan fingerprint density at radius 1 is 1.00 bits per heavy atom. The molecule has 0 fully saturated rings. The van der Waals surface area contributed by atoms with Gasteiger partial charge in [0.25, 0.3) is 0 Å². The lowest BCUT2D eigenvalue weighted by atomic mass is 9.61. The summed E-state index contributed by atoms with van der Waals surface area (Å²) in [5, 5.41) is 13.1. The van der Waals surface area contributed by atoms with E-state index in [0.29, 0.717) is 31.1 Å². The minimum absolute atomic E-state index is 0.0139. The molecule has 0 saturated heterocycles. The molecule has 3 aromatic rings. The number of hydrogen-bond acceptors (Lipinski definition) is 5. The van der Waals surface area contributed by atoms with Crippen molar-refractivity contribution < 1.29 is 19.0 Å². The maximum atomic E-state index is 14.3. The number of aliphatic hydroxyl groups is 1. The second-order valence-corrected chi connectivity index (χ2v) is 10.3. The van der Waals surface area contributed by atoms with E-state index in [9.17, 15) is 9.50 Å². The lowest BCUT2D eigenvalue weighted by molar-refractivity contribution is -0.0207. The Bertz CT molecular complexity index is 1210. The van der Waals surface area contributed by atoms with Crippen LogP contribution in [0.2, 0.25) is 0 Å². The third kappa shape index (κ3) is 8.98. The van der Waals surface area contributed by atoms with E-state index in [4.69, 9.17) is 15.2 Å². The molecule has 0 saturated carbocycles. The molecule has 192 valence electrons. The average molecular weight is 500 g/mol. The van der Waals surface area contributed by atoms with Crippen LogP contribution in [0.25, 0.3) is 0 Å². The normalized spacial score (nSPS) is 12.4. The van der Waals surface area contributed by atoms with Gasteiger partial charge in [-0.3, -0.25) is 0 Å². The molecular formula is C29H35B2FN2O3. The second-order valence-electron chi connectivity index (χ2n) is 10.3. The molecule has 0 aliphatic rings. The van der Waals surface area contributed by atoms with Gasteiger partial charge in [-0.2, -0.15) is 0 Å². The summed E-state index contributed by atoms with van der Waals surface area (Å²) in [6.45, 7) is 5.42. The van der Waals surface area contributed by atoms with Crippen molar-refractivity contribution >= 4 is 27.1 Å². The summed E-state index contributed by atoms with van der Waals surface area (Å²) >= 11 is 0. The molecule has 37 heavy (non-hydrogen) atoms. The standard InChI is InChI=1S/C29H35B2FN2O3/c1-28(2,20-36-18-21-9-5-3-6-10-21)14-13-23-15-25(33)24(32)16-26(23)34-17-27(35)29(30,31)37-19-22-11-7-4-8-12-22/h3-12,15-16,27,34-35H,17-20,30-31,33H2,1-2H3. The summed E-state index contributed by atoms with van der Waals surface area (Å²) in [4.78, 5) is 0. The highest BCUT2D eigenvalue weighted by Gasteiger charge is 2.28. The Kier molecular flexibility index (Phi) is 9.82. The first kappa shape index (κ1) is 28.3. The van der Waals surface area contributed by atoms with Gasteiger partial charge in [-0.1, -0.05) is 72.5 Å². The Balaban J connectivity index is 1.64. The Hall–Kier alpha value is -3.24. The van der Waals surface area contributed by atoms with E-state index in [1.807, 2.05) is 90.2 Å². The minimum Gasteiger partial charge on any atom is -0.396 e. The lowest BCUT2D eigenvalue weighted by Gasteiger charge is -2.32. The molecule has 0 bridgehead atoms. The molecule has 0 radical (unpaired) electrons. The Morgan fingerprint density at radius 3 is 2.22 bits per heavy atom. The highest BCUT2D eigenvalue weighted by molar-refractivity contribution is 6.39. The molecular weight excluding hydrogens is 465 g/mol. The van der Waals surface area contributed by atoms with Crippen molar-refractivity contribution in [2.75, 3.05) is 24.2 Å². The molecule has 0 aliphatic heterocycles. The van der Waals surface area contributed by atoms with Crippen LogP contribution in [-0.2, 0) is 22.7 Å². The fourth-order valence-electron chi connectivity index (χ4n) is 3.50. The van der Waals surface area contributed by atoms with Gasteiger partial charge in [-0.05, 0) is 31.0 Å². The number of halogens is 1. The van der Waals surface area contributed by atoms with Crippen LogP contribution in [0.4, 0.5) is 15.8 Å². The highest BCUT2D eigenvalue weighted by Crippen LogP contribution is 2.24. The monoisotopic (exact) mass is 500 g/mol. The van der Waals surface area contributed by atoms with E-state index in [2.05, 4.69) is 17.2 Å². The highest BCUT2D eigenvalue weighted by atomic mass is 19.1. The summed E-state index contributed by atoms with van der Waals surface area (Å²) < 4.78 is 26.1. The van der Waals surface area contributed by atoms with Crippen LogP contribution >= 0.6 is 0 Å². The topological polar surface area (TPSA) is 76.7 Å². The van der Waals surface area contributed by atoms with Crippen LogP contribution in [0.3, 0.4) is 0 Å². The number of hydrogen-bond donors (Lipinski definition) is 3.